The van der Waals surface area contributed by atoms with Crippen LogP contribution in [0.4, 0.5) is 0 Å². The number of benzene rings is 2. The van der Waals surface area contributed by atoms with Crippen LogP contribution in [0.3, 0.4) is 0 Å². The minimum atomic E-state index is -0.266. The third kappa shape index (κ3) is 3.79. The Morgan fingerprint density at radius 3 is 2.33 bits per heavy atom. The zero-order valence-corrected chi connectivity index (χ0v) is 16.4. The van der Waals surface area contributed by atoms with Gasteiger partial charge in [-0.15, -0.1) is 0 Å². The van der Waals surface area contributed by atoms with E-state index >= 15 is 0 Å². The van der Waals surface area contributed by atoms with Crippen molar-refractivity contribution >= 4 is 5.84 Å². The second-order valence-corrected chi connectivity index (χ2v) is 8.14. The first-order valence-electron chi connectivity index (χ1n) is 10.2. The van der Waals surface area contributed by atoms with Crippen molar-refractivity contribution in [3.05, 3.63) is 71.8 Å². The van der Waals surface area contributed by atoms with Crippen LogP contribution < -0.4 is 5.32 Å². The first kappa shape index (κ1) is 18.2. The highest BCUT2D eigenvalue weighted by Gasteiger charge is 2.42. The van der Waals surface area contributed by atoms with Gasteiger partial charge < -0.3 is 10.1 Å². The molecule has 2 aromatic rings. The molecule has 0 spiro atoms. The monoisotopic (exact) mass is 362 g/mol. The summed E-state index contributed by atoms with van der Waals surface area (Å²) in [5.41, 5.74) is 2.22. The SMILES string of the molecule is CC(OCC1=NC(c2ccccc2)C(C)(c2ccccc2)N1)C1CCCC1. The molecule has 1 saturated carbocycles. The number of hydrogen-bond acceptors (Lipinski definition) is 3. The quantitative estimate of drug-likeness (QED) is 0.762. The van der Waals surface area contributed by atoms with Crippen molar-refractivity contribution in [3.63, 3.8) is 0 Å². The minimum Gasteiger partial charge on any atom is -0.370 e. The van der Waals surface area contributed by atoms with E-state index in [4.69, 9.17) is 9.73 Å². The largest absolute Gasteiger partial charge is 0.370 e. The highest BCUT2D eigenvalue weighted by molar-refractivity contribution is 5.87. The lowest BCUT2D eigenvalue weighted by Gasteiger charge is -2.32. The number of ether oxygens (including phenoxy) is 1. The summed E-state index contributed by atoms with van der Waals surface area (Å²) in [7, 11) is 0. The Hall–Kier alpha value is -2.13. The third-order valence-electron chi connectivity index (χ3n) is 6.27. The zero-order valence-electron chi connectivity index (χ0n) is 16.4. The summed E-state index contributed by atoms with van der Waals surface area (Å²) in [5.74, 6) is 1.66. The van der Waals surface area contributed by atoms with Crippen molar-refractivity contribution in [2.45, 2.75) is 57.2 Å². The molecule has 0 bridgehead atoms. The first-order chi connectivity index (χ1) is 13.2. The van der Waals surface area contributed by atoms with Crippen LogP contribution >= 0.6 is 0 Å². The molecule has 0 aromatic heterocycles. The predicted octanol–water partition coefficient (Wildman–Crippen LogP) is 5.24. The summed E-state index contributed by atoms with van der Waals surface area (Å²) in [6.07, 6.45) is 5.60. The van der Waals surface area contributed by atoms with Crippen molar-refractivity contribution < 1.29 is 4.74 Å². The van der Waals surface area contributed by atoms with Gasteiger partial charge in [-0.2, -0.15) is 0 Å². The molecule has 3 unspecified atom stereocenters. The van der Waals surface area contributed by atoms with Gasteiger partial charge in [0.1, 0.15) is 18.5 Å². The molecular weight excluding hydrogens is 332 g/mol. The second kappa shape index (κ2) is 7.85. The van der Waals surface area contributed by atoms with Gasteiger partial charge in [-0.3, -0.25) is 4.99 Å². The van der Waals surface area contributed by atoms with Gasteiger partial charge in [0.2, 0.25) is 0 Å². The van der Waals surface area contributed by atoms with Crippen LogP contribution in [0, 0.1) is 5.92 Å². The molecule has 1 aliphatic heterocycles. The zero-order chi connectivity index (χ0) is 18.7. The Bertz CT molecular complexity index is 767. The molecule has 3 heteroatoms. The van der Waals surface area contributed by atoms with E-state index in [1.165, 1.54) is 36.8 Å². The van der Waals surface area contributed by atoms with Gasteiger partial charge in [0.05, 0.1) is 11.6 Å². The van der Waals surface area contributed by atoms with Gasteiger partial charge >= 0.3 is 0 Å². The minimum absolute atomic E-state index is 0.0430. The molecule has 3 nitrogen and oxygen atoms in total. The smallest absolute Gasteiger partial charge is 0.124 e. The molecule has 0 radical (unpaired) electrons. The van der Waals surface area contributed by atoms with Crippen molar-refractivity contribution in [1.29, 1.82) is 0 Å². The molecule has 2 aromatic carbocycles. The average molecular weight is 363 g/mol. The summed E-state index contributed by atoms with van der Waals surface area (Å²) < 4.78 is 6.23. The highest BCUT2D eigenvalue weighted by atomic mass is 16.5. The van der Waals surface area contributed by atoms with E-state index in [2.05, 4.69) is 79.8 Å². The fourth-order valence-corrected chi connectivity index (χ4v) is 4.59. The third-order valence-corrected chi connectivity index (χ3v) is 6.27. The van der Waals surface area contributed by atoms with Crippen LogP contribution in [0.2, 0.25) is 0 Å². The number of aliphatic imine (C=N–C) groups is 1. The number of amidine groups is 1. The van der Waals surface area contributed by atoms with E-state index in [0.29, 0.717) is 18.6 Å². The molecule has 142 valence electrons. The maximum atomic E-state index is 6.23. The van der Waals surface area contributed by atoms with Crippen LogP contribution in [-0.2, 0) is 10.3 Å². The summed E-state index contributed by atoms with van der Waals surface area (Å²) >= 11 is 0. The van der Waals surface area contributed by atoms with Gasteiger partial charge in [-0.05, 0) is 43.7 Å². The Balaban J connectivity index is 1.55. The molecule has 1 heterocycles. The summed E-state index contributed by atoms with van der Waals surface area (Å²) in [5, 5.41) is 3.70. The van der Waals surface area contributed by atoms with E-state index in [0.717, 1.165) is 5.84 Å². The van der Waals surface area contributed by atoms with E-state index in [9.17, 15) is 0 Å². The standard InChI is InChI=1S/C24H30N2O/c1-18(19-11-9-10-12-19)27-17-22-25-23(20-13-5-3-6-14-20)24(2,26-22)21-15-7-4-8-16-21/h3-8,13-16,18-19,23H,9-12,17H2,1-2H3,(H,25,26). The van der Waals surface area contributed by atoms with Gasteiger partial charge in [-0.25, -0.2) is 0 Å². The van der Waals surface area contributed by atoms with E-state index in [-0.39, 0.29) is 11.6 Å². The Kier molecular flexibility index (Phi) is 5.31. The molecule has 0 amide bonds. The van der Waals surface area contributed by atoms with Crippen LogP contribution in [0.1, 0.15) is 56.7 Å². The fourth-order valence-electron chi connectivity index (χ4n) is 4.59. The fraction of sp³-hybridized carbons (Fsp3) is 0.458. The molecule has 1 aliphatic carbocycles. The topological polar surface area (TPSA) is 33.6 Å². The lowest BCUT2D eigenvalue weighted by molar-refractivity contribution is 0.0501. The highest BCUT2D eigenvalue weighted by Crippen LogP contribution is 2.41. The van der Waals surface area contributed by atoms with Crippen LogP contribution in [0.25, 0.3) is 0 Å². The van der Waals surface area contributed by atoms with Crippen molar-refractivity contribution in [2.24, 2.45) is 10.9 Å². The molecule has 1 N–H and O–H groups in total. The summed E-state index contributed by atoms with van der Waals surface area (Å²) in [6, 6.07) is 21.2. The van der Waals surface area contributed by atoms with Crippen molar-refractivity contribution in [1.82, 2.24) is 5.32 Å². The number of nitrogens with one attached hydrogen (secondary N) is 1. The van der Waals surface area contributed by atoms with Gasteiger partial charge in [0.25, 0.3) is 0 Å². The van der Waals surface area contributed by atoms with Crippen LogP contribution in [0.5, 0.6) is 0 Å². The molecule has 2 aliphatic rings. The Labute approximate surface area is 162 Å². The Morgan fingerprint density at radius 2 is 1.67 bits per heavy atom. The summed E-state index contributed by atoms with van der Waals surface area (Å²) in [4.78, 5) is 5.07. The number of nitrogens with zero attached hydrogens (tertiary/aromatic N) is 1. The van der Waals surface area contributed by atoms with E-state index in [1.807, 2.05) is 0 Å². The number of rotatable bonds is 6. The Morgan fingerprint density at radius 1 is 1.04 bits per heavy atom. The molecule has 3 atom stereocenters. The van der Waals surface area contributed by atoms with Crippen LogP contribution in [0.15, 0.2) is 65.7 Å². The maximum absolute atomic E-state index is 6.23. The maximum Gasteiger partial charge on any atom is 0.124 e. The molecule has 27 heavy (non-hydrogen) atoms. The molecule has 1 fully saturated rings. The first-order valence-corrected chi connectivity index (χ1v) is 10.2. The van der Waals surface area contributed by atoms with Gasteiger partial charge in [-0.1, -0.05) is 73.5 Å². The molecule has 0 saturated heterocycles. The normalized spacial score (nSPS) is 26.6. The van der Waals surface area contributed by atoms with E-state index < -0.39 is 0 Å². The molecular formula is C24H30N2O. The molecule has 4 rings (SSSR count). The van der Waals surface area contributed by atoms with Crippen LogP contribution in [-0.4, -0.2) is 18.5 Å². The predicted molar refractivity (Wildman–Crippen MR) is 111 cm³/mol. The van der Waals surface area contributed by atoms with E-state index in [1.54, 1.807) is 0 Å². The second-order valence-electron chi connectivity index (χ2n) is 8.14. The van der Waals surface area contributed by atoms with Gasteiger partial charge in [0.15, 0.2) is 0 Å². The average Bonchev–Trinajstić information content (AvgIpc) is 3.36. The lowest BCUT2D eigenvalue weighted by Crippen LogP contribution is -2.43. The van der Waals surface area contributed by atoms with Crippen molar-refractivity contribution in [2.75, 3.05) is 6.61 Å². The number of hydrogen-bond donors (Lipinski definition) is 1. The summed E-state index contributed by atoms with van der Waals surface area (Å²) in [6.45, 7) is 5.02. The lowest BCUT2D eigenvalue weighted by atomic mass is 9.82. The van der Waals surface area contributed by atoms with Gasteiger partial charge in [0, 0.05) is 0 Å². The van der Waals surface area contributed by atoms with Crippen molar-refractivity contribution in [3.8, 4) is 0 Å².